The van der Waals surface area contributed by atoms with E-state index in [0.29, 0.717) is 50.7 Å². The highest BCUT2D eigenvalue weighted by atomic mass is 16.5. The van der Waals surface area contributed by atoms with Gasteiger partial charge in [-0.15, -0.1) is 0 Å². The molecular weight excluding hydrogens is 322 g/mol. The van der Waals surface area contributed by atoms with Crippen LogP contribution >= 0.6 is 0 Å². The summed E-state index contributed by atoms with van der Waals surface area (Å²) in [6.45, 7) is 1.38. The zero-order valence-corrected chi connectivity index (χ0v) is 14.6. The lowest BCUT2D eigenvalue weighted by Gasteiger charge is -2.21. The van der Waals surface area contributed by atoms with Crippen molar-refractivity contribution in [3.63, 3.8) is 0 Å². The molecule has 0 unspecified atom stereocenters. The Kier molecular flexibility index (Phi) is 5.65. The zero-order valence-electron chi connectivity index (χ0n) is 14.6. The monoisotopic (exact) mass is 345 g/mol. The first-order chi connectivity index (χ1) is 12.2. The van der Waals surface area contributed by atoms with Gasteiger partial charge in [-0.3, -0.25) is 4.79 Å². The van der Waals surface area contributed by atoms with E-state index in [1.54, 1.807) is 19.1 Å². The van der Waals surface area contributed by atoms with E-state index in [1.165, 1.54) is 0 Å². The number of carbonyl (C=O) groups excluding carboxylic acids is 1. The Morgan fingerprint density at radius 1 is 1.40 bits per heavy atom. The lowest BCUT2D eigenvalue weighted by molar-refractivity contribution is -0.135. The Labute approximate surface area is 146 Å². The summed E-state index contributed by atoms with van der Waals surface area (Å²) in [5.74, 6) is 1.86. The second-order valence-electron chi connectivity index (χ2n) is 6.19. The van der Waals surface area contributed by atoms with E-state index >= 15 is 0 Å². The van der Waals surface area contributed by atoms with Gasteiger partial charge in [-0.05, 0) is 24.5 Å². The van der Waals surface area contributed by atoms with E-state index in [9.17, 15) is 4.79 Å². The third kappa shape index (κ3) is 4.36. The molecule has 3 rings (SSSR count). The van der Waals surface area contributed by atoms with Crippen molar-refractivity contribution in [1.29, 1.82) is 0 Å². The third-order valence-electron chi connectivity index (χ3n) is 4.30. The standard InChI is InChI=1S/C18H23N3O4/c1-21(12-17-19-16(20-25-17)8-9-23-2)18(22)14-7-10-24-15-6-4-3-5-13(15)11-14/h3-6,14H,7-12H2,1-2H3/t14-/m1/s1. The summed E-state index contributed by atoms with van der Waals surface area (Å²) in [5, 5.41) is 3.90. The molecule has 0 bridgehead atoms. The van der Waals surface area contributed by atoms with Crippen LogP contribution in [0.15, 0.2) is 28.8 Å². The average molecular weight is 345 g/mol. The SMILES string of the molecule is COCCc1noc(CN(C)C(=O)[C@@H]2CCOc3ccccc3C2)n1. The molecule has 1 amide bonds. The first kappa shape index (κ1) is 17.4. The summed E-state index contributed by atoms with van der Waals surface area (Å²) in [5.41, 5.74) is 1.08. The minimum atomic E-state index is -0.107. The molecular formula is C18H23N3O4. The third-order valence-corrected chi connectivity index (χ3v) is 4.30. The molecule has 0 saturated carbocycles. The van der Waals surface area contributed by atoms with E-state index in [1.807, 2.05) is 24.3 Å². The molecule has 7 nitrogen and oxygen atoms in total. The van der Waals surface area contributed by atoms with Gasteiger partial charge in [-0.2, -0.15) is 4.98 Å². The summed E-state index contributed by atoms with van der Waals surface area (Å²) in [4.78, 5) is 18.7. The van der Waals surface area contributed by atoms with Gasteiger partial charge in [0.15, 0.2) is 5.82 Å². The van der Waals surface area contributed by atoms with Crippen molar-refractivity contribution < 1.29 is 18.8 Å². The largest absolute Gasteiger partial charge is 0.493 e. The van der Waals surface area contributed by atoms with Crippen LogP contribution in [0.5, 0.6) is 5.75 Å². The fourth-order valence-electron chi connectivity index (χ4n) is 2.94. The fraction of sp³-hybridized carbons (Fsp3) is 0.500. The molecule has 1 aliphatic rings. The number of carbonyl (C=O) groups is 1. The second-order valence-corrected chi connectivity index (χ2v) is 6.19. The molecule has 1 aliphatic heterocycles. The van der Waals surface area contributed by atoms with Crippen molar-refractivity contribution in [2.45, 2.75) is 25.8 Å². The predicted octanol–water partition coefficient (Wildman–Crippen LogP) is 1.86. The van der Waals surface area contributed by atoms with Gasteiger partial charge in [0.25, 0.3) is 0 Å². The van der Waals surface area contributed by atoms with Gasteiger partial charge in [-0.1, -0.05) is 23.4 Å². The summed E-state index contributed by atoms with van der Waals surface area (Å²) in [6, 6.07) is 7.88. The molecule has 1 atom stereocenters. The van der Waals surface area contributed by atoms with Gasteiger partial charge in [0.2, 0.25) is 11.8 Å². The number of aromatic nitrogens is 2. The van der Waals surface area contributed by atoms with Crippen molar-refractivity contribution in [2.75, 3.05) is 27.4 Å². The van der Waals surface area contributed by atoms with Crippen LogP contribution in [0, 0.1) is 5.92 Å². The van der Waals surface area contributed by atoms with E-state index in [-0.39, 0.29) is 11.8 Å². The van der Waals surface area contributed by atoms with Gasteiger partial charge in [0, 0.05) is 26.5 Å². The number of nitrogens with zero attached hydrogens (tertiary/aromatic N) is 3. The van der Waals surface area contributed by atoms with Crippen LogP contribution in [0.25, 0.3) is 0 Å². The second kappa shape index (κ2) is 8.11. The molecule has 0 fully saturated rings. The van der Waals surface area contributed by atoms with Crippen LogP contribution in [0.3, 0.4) is 0 Å². The Morgan fingerprint density at radius 3 is 3.08 bits per heavy atom. The van der Waals surface area contributed by atoms with Gasteiger partial charge in [0.1, 0.15) is 5.75 Å². The van der Waals surface area contributed by atoms with Crippen molar-refractivity contribution in [3.8, 4) is 5.75 Å². The Morgan fingerprint density at radius 2 is 2.24 bits per heavy atom. The topological polar surface area (TPSA) is 77.7 Å². The van der Waals surface area contributed by atoms with E-state index < -0.39 is 0 Å². The Balaban J connectivity index is 1.61. The summed E-state index contributed by atoms with van der Waals surface area (Å²) in [6.07, 6.45) is 1.97. The van der Waals surface area contributed by atoms with Crippen molar-refractivity contribution >= 4 is 5.91 Å². The highest BCUT2D eigenvalue weighted by Crippen LogP contribution is 2.27. The maximum Gasteiger partial charge on any atom is 0.246 e. The Bertz CT molecular complexity index is 716. The highest BCUT2D eigenvalue weighted by molar-refractivity contribution is 5.79. The van der Waals surface area contributed by atoms with Crippen molar-refractivity contribution in [1.82, 2.24) is 15.0 Å². The van der Waals surface area contributed by atoms with Crippen LogP contribution in [-0.2, 0) is 28.9 Å². The Hall–Kier alpha value is -2.41. The molecule has 2 aromatic rings. The number of amides is 1. The molecule has 0 spiro atoms. The van der Waals surface area contributed by atoms with E-state index in [2.05, 4.69) is 10.1 Å². The predicted molar refractivity (Wildman–Crippen MR) is 90.1 cm³/mol. The number of benzene rings is 1. The molecule has 25 heavy (non-hydrogen) atoms. The summed E-state index contributed by atoms with van der Waals surface area (Å²) >= 11 is 0. The first-order valence-corrected chi connectivity index (χ1v) is 8.43. The average Bonchev–Trinajstić information content (AvgIpc) is 2.95. The number of rotatable bonds is 6. The maximum atomic E-state index is 12.8. The number of ether oxygens (including phenoxy) is 2. The number of hydrogen-bond acceptors (Lipinski definition) is 6. The molecule has 1 aromatic heterocycles. The molecule has 0 aliphatic carbocycles. The first-order valence-electron chi connectivity index (χ1n) is 8.43. The van der Waals surface area contributed by atoms with E-state index in [4.69, 9.17) is 14.0 Å². The molecule has 0 radical (unpaired) electrons. The quantitative estimate of drug-likeness (QED) is 0.795. The fourth-order valence-corrected chi connectivity index (χ4v) is 2.94. The number of hydrogen-bond donors (Lipinski definition) is 0. The smallest absolute Gasteiger partial charge is 0.246 e. The van der Waals surface area contributed by atoms with Crippen molar-refractivity contribution in [3.05, 3.63) is 41.5 Å². The number of para-hydroxylation sites is 1. The molecule has 1 aromatic carbocycles. The minimum absolute atomic E-state index is 0.0666. The van der Waals surface area contributed by atoms with Crippen LogP contribution in [0.1, 0.15) is 23.7 Å². The normalized spacial score (nSPS) is 16.6. The zero-order chi connectivity index (χ0) is 17.6. The molecule has 7 heteroatoms. The lowest BCUT2D eigenvalue weighted by Crippen LogP contribution is -2.34. The van der Waals surface area contributed by atoms with Crippen LogP contribution in [0.2, 0.25) is 0 Å². The van der Waals surface area contributed by atoms with Gasteiger partial charge in [-0.25, -0.2) is 0 Å². The highest BCUT2D eigenvalue weighted by Gasteiger charge is 2.27. The summed E-state index contributed by atoms with van der Waals surface area (Å²) in [7, 11) is 3.39. The van der Waals surface area contributed by atoms with Gasteiger partial charge < -0.3 is 18.9 Å². The maximum absolute atomic E-state index is 12.8. The van der Waals surface area contributed by atoms with Crippen LogP contribution in [0.4, 0.5) is 0 Å². The lowest BCUT2D eigenvalue weighted by atomic mass is 9.95. The number of fused-ring (bicyclic) bond motifs is 1. The van der Waals surface area contributed by atoms with Gasteiger partial charge >= 0.3 is 0 Å². The molecule has 0 N–H and O–H groups in total. The number of methoxy groups -OCH3 is 1. The van der Waals surface area contributed by atoms with Crippen LogP contribution in [-0.4, -0.2) is 48.3 Å². The van der Waals surface area contributed by atoms with Crippen LogP contribution < -0.4 is 4.74 Å². The van der Waals surface area contributed by atoms with E-state index in [0.717, 1.165) is 11.3 Å². The molecule has 134 valence electrons. The van der Waals surface area contributed by atoms with Crippen molar-refractivity contribution in [2.24, 2.45) is 5.92 Å². The minimum Gasteiger partial charge on any atom is -0.493 e. The van der Waals surface area contributed by atoms with Gasteiger partial charge in [0.05, 0.1) is 19.8 Å². The summed E-state index contributed by atoms with van der Waals surface area (Å²) < 4.78 is 16.0. The molecule has 2 heterocycles. The molecule has 0 saturated heterocycles.